The smallest absolute Gasteiger partial charge is 0.243 e. The van der Waals surface area contributed by atoms with E-state index in [4.69, 9.17) is 27.9 Å². The predicted molar refractivity (Wildman–Crippen MR) is 157 cm³/mol. The minimum atomic E-state index is -3.97. The van der Waals surface area contributed by atoms with E-state index in [-0.39, 0.29) is 23.5 Å². The molecule has 11 heteroatoms. The lowest BCUT2D eigenvalue weighted by Gasteiger charge is -2.24. The predicted octanol–water partition coefficient (Wildman–Crippen LogP) is 5.96. The number of anilines is 1. The van der Waals surface area contributed by atoms with Crippen molar-refractivity contribution in [2.24, 2.45) is 0 Å². The Morgan fingerprint density at radius 1 is 1.07 bits per heavy atom. The van der Waals surface area contributed by atoms with Gasteiger partial charge in [0.25, 0.3) is 0 Å². The molecule has 1 aliphatic heterocycles. The zero-order valence-electron chi connectivity index (χ0n) is 21.8. The van der Waals surface area contributed by atoms with Crippen LogP contribution in [0.1, 0.15) is 18.4 Å². The molecule has 1 aliphatic rings. The summed E-state index contributed by atoms with van der Waals surface area (Å²) in [6, 6.07) is 20.9. The number of ether oxygens (including phenoxy) is 1. The molecule has 1 saturated heterocycles. The van der Waals surface area contributed by atoms with E-state index in [1.54, 1.807) is 65.4 Å². The van der Waals surface area contributed by atoms with Crippen LogP contribution < -0.4 is 5.32 Å². The quantitative estimate of drug-likeness (QED) is 0.256. The van der Waals surface area contributed by atoms with Gasteiger partial charge in [0, 0.05) is 40.6 Å². The number of imidazole rings is 1. The van der Waals surface area contributed by atoms with Crippen molar-refractivity contribution in [1.29, 1.82) is 0 Å². The highest BCUT2D eigenvalue weighted by molar-refractivity contribution is 7.89. The molecular formula is C29H28Cl2N4O4S. The topological polar surface area (TPSA) is 93.5 Å². The third kappa shape index (κ3) is 6.56. The van der Waals surface area contributed by atoms with Crippen LogP contribution in [0.2, 0.25) is 10.0 Å². The number of benzene rings is 3. The van der Waals surface area contributed by atoms with Crippen LogP contribution in [0.25, 0.3) is 16.9 Å². The normalized spacial score (nSPS) is 15.4. The first-order valence-electron chi connectivity index (χ1n) is 12.8. The third-order valence-electron chi connectivity index (χ3n) is 6.59. The highest BCUT2D eigenvalue weighted by atomic mass is 35.5. The number of nitrogens with zero attached hydrogens (tertiary/aromatic N) is 3. The van der Waals surface area contributed by atoms with Crippen LogP contribution in [-0.4, -0.2) is 54.0 Å². The molecule has 1 fully saturated rings. The average molecular weight is 600 g/mol. The van der Waals surface area contributed by atoms with Crippen LogP contribution in [0.15, 0.2) is 83.9 Å². The molecule has 40 heavy (non-hydrogen) atoms. The van der Waals surface area contributed by atoms with Gasteiger partial charge >= 0.3 is 0 Å². The number of aryl methyl sites for hydroxylation is 1. The molecule has 5 rings (SSSR count). The third-order valence-corrected chi connectivity index (χ3v) is 8.91. The summed E-state index contributed by atoms with van der Waals surface area (Å²) in [6.07, 6.45) is 3.07. The Bertz CT molecular complexity index is 1600. The van der Waals surface area contributed by atoms with Gasteiger partial charge in [0.2, 0.25) is 21.9 Å². The maximum atomic E-state index is 13.6. The van der Waals surface area contributed by atoms with Crippen molar-refractivity contribution in [2.75, 3.05) is 25.0 Å². The number of hydrogen-bond acceptors (Lipinski definition) is 5. The largest absolute Gasteiger partial charge is 0.377 e. The molecule has 4 aromatic rings. The van der Waals surface area contributed by atoms with Gasteiger partial charge in [-0.25, -0.2) is 13.4 Å². The van der Waals surface area contributed by atoms with E-state index in [1.165, 1.54) is 4.31 Å². The number of hydrogen-bond donors (Lipinski definition) is 1. The number of sulfonamides is 1. The monoisotopic (exact) mass is 598 g/mol. The van der Waals surface area contributed by atoms with E-state index in [0.29, 0.717) is 28.0 Å². The summed E-state index contributed by atoms with van der Waals surface area (Å²) in [5.41, 5.74) is 3.00. The first-order valence-corrected chi connectivity index (χ1v) is 15.0. The fraction of sp³-hybridized carbons (Fsp3) is 0.241. The summed E-state index contributed by atoms with van der Waals surface area (Å²) in [5.74, 6) is -0.313. The van der Waals surface area contributed by atoms with Gasteiger partial charge < -0.3 is 4.74 Å². The van der Waals surface area contributed by atoms with Gasteiger partial charge in [0.05, 0.1) is 23.2 Å². The summed E-state index contributed by atoms with van der Waals surface area (Å²) in [7, 11) is -3.97. The molecule has 1 unspecified atom stereocenters. The van der Waals surface area contributed by atoms with Gasteiger partial charge in [-0.3, -0.25) is 14.7 Å². The van der Waals surface area contributed by atoms with E-state index in [1.807, 2.05) is 25.1 Å². The van der Waals surface area contributed by atoms with Gasteiger partial charge in [-0.1, -0.05) is 59.1 Å². The molecule has 2 heterocycles. The zero-order chi connectivity index (χ0) is 28.3. The van der Waals surface area contributed by atoms with Crippen LogP contribution in [0, 0.1) is 6.92 Å². The molecule has 3 aromatic carbocycles. The van der Waals surface area contributed by atoms with Gasteiger partial charge in [-0.2, -0.15) is 4.31 Å². The SMILES string of the molecule is Cc1ccc(S(=O)(=O)N(CC(=O)Nc2nc(-c3ccc(Cl)cc3)cn2-c2cccc(Cl)c2)CC2CCCO2)cc1. The second kappa shape index (κ2) is 12.1. The van der Waals surface area contributed by atoms with Crippen molar-refractivity contribution in [3.05, 3.63) is 94.6 Å². The molecule has 8 nitrogen and oxygen atoms in total. The fourth-order valence-electron chi connectivity index (χ4n) is 4.50. The lowest BCUT2D eigenvalue weighted by Crippen LogP contribution is -2.42. The number of halogens is 2. The lowest BCUT2D eigenvalue weighted by molar-refractivity contribution is -0.116. The molecular weight excluding hydrogens is 571 g/mol. The molecule has 0 bridgehead atoms. The first-order chi connectivity index (χ1) is 19.2. The average Bonchev–Trinajstić information content (AvgIpc) is 3.59. The number of nitrogens with one attached hydrogen (secondary N) is 1. The van der Waals surface area contributed by atoms with Gasteiger partial charge in [-0.15, -0.1) is 0 Å². The van der Waals surface area contributed by atoms with Crippen molar-refractivity contribution in [3.8, 4) is 16.9 Å². The Morgan fingerprint density at radius 2 is 1.82 bits per heavy atom. The Hall–Kier alpha value is -3.21. The highest BCUT2D eigenvalue weighted by Crippen LogP contribution is 2.27. The molecule has 1 aromatic heterocycles. The standard InChI is InChI=1S/C29H28Cl2N4O4S/c1-20-7-13-26(14-8-20)40(37,38)34(17-25-6-3-15-39-25)19-28(36)33-29-32-27(21-9-11-22(30)12-10-21)18-35(29)24-5-2-4-23(31)16-24/h2,4-5,7-14,16,18,25H,3,6,15,17,19H2,1H3,(H,32,33,36). The first kappa shape index (κ1) is 28.3. The number of carbonyl (C=O) groups is 1. The number of amides is 1. The minimum absolute atomic E-state index is 0.0718. The van der Waals surface area contributed by atoms with Crippen LogP contribution in [0.3, 0.4) is 0 Å². The van der Waals surface area contributed by atoms with Gasteiger partial charge in [0.1, 0.15) is 0 Å². The van der Waals surface area contributed by atoms with E-state index in [0.717, 1.165) is 24.0 Å². The second-order valence-corrected chi connectivity index (χ2v) is 12.4. The molecule has 0 saturated carbocycles. The molecule has 1 N–H and O–H groups in total. The van der Waals surface area contributed by atoms with Crippen LogP contribution in [0.4, 0.5) is 5.95 Å². The van der Waals surface area contributed by atoms with Crippen molar-refractivity contribution in [2.45, 2.75) is 30.8 Å². The van der Waals surface area contributed by atoms with E-state index in [9.17, 15) is 13.2 Å². The van der Waals surface area contributed by atoms with E-state index in [2.05, 4.69) is 10.3 Å². The van der Waals surface area contributed by atoms with Gasteiger partial charge in [-0.05, 0) is 62.2 Å². The van der Waals surface area contributed by atoms with Crippen molar-refractivity contribution < 1.29 is 17.9 Å². The van der Waals surface area contributed by atoms with E-state index < -0.39 is 22.5 Å². The van der Waals surface area contributed by atoms with Crippen LogP contribution in [0.5, 0.6) is 0 Å². The lowest BCUT2D eigenvalue weighted by atomic mass is 10.2. The second-order valence-electron chi connectivity index (χ2n) is 9.60. The van der Waals surface area contributed by atoms with Crippen molar-refractivity contribution in [1.82, 2.24) is 13.9 Å². The molecule has 0 aliphatic carbocycles. The van der Waals surface area contributed by atoms with Crippen molar-refractivity contribution >= 4 is 45.1 Å². The maximum absolute atomic E-state index is 13.6. The summed E-state index contributed by atoms with van der Waals surface area (Å²) in [4.78, 5) is 18.2. The summed E-state index contributed by atoms with van der Waals surface area (Å²) in [6.45, 7) is 2.12. The van der Waals surface area contributed by atoms with Crippen LogP contribution >= 0.6 is 23.2 Å². The molecule has 1 atom stereocenters. The maximum Gasteiger partial charge on any atom is 0.243 e. The van der Waals surface area contributed by atoms with Crippen LogP contribution in [-0.2, 0) is 19.6 Å². The molecule has 0 spiro atoms. The highest BCUT2D eigenvalue weighted by Gasteiger charge is 2.31. The van der Waals surface area contributed by atoms with E-state index >= 15 is 0 Å². The number of rotatable bonds is 9. The molecule has 1 amide bonds. The minimum Gasteiger partial charge on any atom is -0.377 e. The summed E-state index contributed by atoms with van der Waals surface area (Å²) >= 11 is 12.3. The van der Waals surface area contributed by atoms with Gasteiger partial charge in [0.15, 0.2) is 0 Å². The van der Waals surface area contributed by atoms with Crippen molar-refractivity contribution in [3.63, 3.8) is 0 Å². The Kier molecular flexibility index (Phi) is 8.58. The fourth-order valence-corrected chi connectivity index (χ4v) is 6.24. The number of aromatic nitrogens is 2. The molecule has 208 valence electrons. The summed E-state index contributed by atoms with van der Waals surface area (Å²) < 4.78 is 35.8. The summed E-state index contributed by atoms with van der Waals surface area (Å²) in [5, 5.41) is 3.92. The zero-order valence-corrected chi connectivity index (χ0v) is 24.1. The Morgan fingerprint density at radius 3 is 2.50 bits per heavy atom. The number of carbonyl (C=O) groups excluding carboxylic acids is 1. The Balaban J connectivity index is 1.45. The molecule has 0 radical (unpaired) electrons. The Labute approximate surface area is 243 Å².